The highest BCUT2D eigenvalue weighted by atomic mass is 16.6. The Balaban J connectivity index is 1.28. The molecule has 0 bridgehead atoms. The normalized spacial score (nSPS) is 13.8. The molecular formula is C43H23BN4O3. The van der Waals surface area contributed by atoms with Crippen molar-refractivity contribution in [2.24, 2.45) is 0 Å². The molecule has 0 saturated heterocycles. The van der Waals surface area contributed by atoms with Gasteiger partial charge in [-0.1, -0.05) is 96.5 Å². The molecule has 0 radical (unpaired) electrons. The molecule has 0 fully saturated rings. The van der Waals surface area contributed by atoms with Crippen LogP contribution in [0.1, 0.15) is 0 Å². The largest absolute Gasteiger partial charge is 0.438 e. The quantitative estimate of drug-likeness (QED) is 0.176. The number of anilines is 2. The summed E-state index contributed by atoms with van der Waals surface area (Å²) in [7, 11) is 0. The molecule has 0 spiro atoms. The highest BCUT2D eigenvalue weighted by Crippen LogP contribution is 2.52. The summed E-state index contributed by atoms with van der Waals surface area (Å²) in [4.78, 5) is 26.2. The summed E-state index contributed by atoms with van der Waals surface area (Å²) in [6.07, 6.45) is 1.11. The van der Waals surface area contributed by atoms with E-state index in [-0.39, 0.29) is 6.71 Å². The summed E-state index contributed by atoms with van der Waals surface area (Å²) >= 11 is 0. The van der Waals surface area contributed by atoms with Crippen molar-refractivity contribution in [3.63, 3.8) is 0 Å². The average Bonchev–Trinajstić information content (AvgIpc) is 3.50. The van der Waals surface area contributed by atoms with Crippen LogP contribution >= 0.6 is 0 Å². The third kappa shape index (κ3) is 3.45. The third-order valence-corrected chi connectivity index (χ3v) is 10.7. The highest BCUT2D eigenvalue weighted by molar-refractivity contribution is 6.99. The maximum atomic E-state index is 14.3. The number of pyridine rings is 2. The lowest BCUT2D eigenvalue weighted by molar-refractivity contribution is 0.209. The second-order valence-electron chi connectivity index (χ2n) is 13.3. The number of hydrogen-bond donors (Lipinski definition) is 0. The van der Waals surface area contributed by atoms with Crippen molar-refractivity contribution < 1.29 is 14.3 Å². The molecule has 6 heterocycles. The number of nitrogens with zero attached hydrogens (tertiary/aromatic N) is 4. The molecule has 6 aromatic carbocycles. The van der Waals surface area contributed by atoms with E-state index in [1.165, 1.54) is 0 Å². The van der Waals surface area contributed by atoms with Crippen molar-refractivity contribution in [2.75, 3.05) is 4.90 Å². The van der Waals surface area contributed by atoms with Crippen LogP contribution in [-0.4, -0.2) is 27.3 Å². The minimum Gasteiger partial charge on any atom is -0.438 e. The predicted octanol–water partition coefficient (Wildman–Crippen LogP) is 8.13. The number of aromatic nitrogens is 3. The van der Waals surface area contributed by atoms with Gasteiger partial charge in [-0.15, -0.1) is 0 Å². The van der Waals surface area contributed by atoms with Gasteiger partial charge in [0.15, 0.2) is 5.75 Å². The molecule has 0 saturated carbocycles. The SMILES string of the molecule is O=C1Oc2cnc3c4c(nc5c(c24)N1c1cc2c4ccccc4n(-c4ccccc4)c2cc1B5c1cccc2ccccc12)-c1ccccc1O3. The molecule has 0 atom stereocenters. The standard InChI is InChI=1S/C43H23BN4O3/c49-43-48-34-21-29-27-16-6-8-19-32(27)47(25-13-2-1-3-14-25)33(29)22-31(34)44(30-18-10-12-24-11-4-5-15-26(24)30)41-40(48)37-36(51-43)23-45-42-38(37)39(46-41)28-17-7-9-20-35(28)50-42/h1-23H. The molecule has 12 rings (SSSR count). The highest BCUT2D eigenvalue weighted by Gasteiger charge is 2.46. The van der Waals surface area contributed by atoms with E-state index in [9.17, 15) is 4.79 Å². The van der Waals surface area contributed by atoms with Crippen LogP contribution in [0.25, 0.3) is 60.3 Å². The molecule has 3 aliphatic heterocycles. The van der Waals surface area contributed by atoms with Crippen LogP contribution in [0.2, 0.25) is 0 Å². The number of ether oxygens (including phenoxy) is 2. The Kier molecular flexibility index (Phi) is 5.08. The maximum absolute atomic E-state index is 14.3. The number of benzene rings is 6. The zero-order valence-corrected chi connectivity index (χ0v) is 26.9. The van der Waals surface area contributed by atoms with E-state index in [1.807, 2.05) is 30.3 Å². The van der Waals surface area contributed by atoms with Gasteiger partial charge in [-0.2, -0.15) is 0 Å². The van der Waals surface area contributed by atoms with Crippen molar-refractivity contribution in [3.05, 3.63) is 140 Å². The Morgan fingerprint density at radius 3 is 2.33 bits per heavy atom. The van der Waals surface area contributed by atoms with Gasteiger partial charge in [0.25, 0.3) is 6.71 Å². The minimum absolute atomic E-state index is 0.324. The molecule has 9 aromatic rings. The van der Waals surface area contributed by atoms with E-state index in [2.05, 4.69) is 113 Å². The molecular weight excluding hydrogens is 631 g/mol. The summed E-state index contributed by atoms with van der Waals surface area (Å²) in [5.74, 6) is 1.54. The number of fused-ring (bicyclic) bond motifs is 8. The topological polar surface area (TPSA) is 69.5 Å². The minimum atomic E-state index is -0.490. The fourth-order valence-corrected chi connectivity index (χ4v) is 8.64. The van der Waals surface area contributed by atoms with Gasteiger partial charge in [-0.3, -0.25) is 4.98 Å². The molecule has 0 N–H and O–H groups in total. The van der Waals surface area contributed by atoms with Crippen LogP contribution in [0.4, 0.5) is 16.2 Å². The number of carbonyl (C=O) groups is 1. The van der Waals surface area contributed by atoms with Crippen LogP contribution in [0.15, 0.2) is 140 Å². The lowest BCUT2D eigenvalue weighted by atomic mass is 9.36. The summed E-state index contributed by atoms with van der Waals surface area (Å²) in [5, 5.41) is 5.93. The Hall–Kier alpha value is -6.93. The maximum Gasteiger partial charge on any atom is 0.424 e. The van der Waals surface area contributed by atoms with Gasteiger partial charge in [0.1, 0.15) is 5.75 Å². The zero-order chi connectivity index (χ0) is 33.4. The second-order valence-corrected chi connectivity index (χ2v) is 13.3. The van der Waals surface area contributed by atoms with E-state index in [0.717, 1.165) is 82.5 Å². The molecule has 7 nitrogen and oxygen atoms in total. The monoisotopic (exact) mass is 654 g/mol. The number of para-hydroxylation sites is 3. The fourth-order valence-electron chi connectivity index (χ4n) is 8.64. The molecule has 1 amide bonds. The first kappa shape index (κ1) is 27.0. The van der Waals surface area contributed by atoms with Gasteiger partial charge in [-0.25, -0.2) is 14.7 Å². The van der Waals surface area contributed by atoms with Crippen molar-refractivity contribution >= 4 is 84.1 Å². The first-order chi connectivity index (χ1) is 25.2. The number of rotatable bonds is 2. The smallest absolute Gasteiger partial charge is 0.424 e. The van der Waals surface area contributed by atoms with Crippen molar-refractivity contribution in [1.29, 1.82) is 0 Å². The van der Waals surface area contributed by atoms with Gasteiger partial charge in [0.05, 0.1) is 39.4 Å². The average molecular weight is 654 g/mol. The molecule has 0 unspecified atom stereocenters. The van der Waals surface area contributed by atoms with Gasteiger partial charge >= 0.3 is 6.09 Å². The first-order valence-corrected chi connectivity index (χ1v) is 17.0. The van der Waals surface area contributed by atoms with Crippen LogP contribution in [0.5, 0.6) is 17.4 Å². The molecule has 3 aliphatic rings. The molecule has 51 heavy (non-hydrogen) atoms. The Bertz CT molecular complexity index is 3020. The summed E-state index contributed by atoms with van der Waals surface area (Å²) in [5.41, 5.74) is 9.19. The Morgan fingerprint density at radius 2 is 1.41 bits per heavy atom. The summed E-state index contributed by atoms with van der Waals surface area (Å²) in [6, 6.07) is 46.2. The fraction of sp³-hybridized carbons (Fsp3) is 0. The van der Waals surface area contributed by atoms with Gasteiger partial charge < -0.3 is 14.0 Å². The van der Waals surface area contributed by atoms with Crippen LogP contribution < -0.4 is 30.9 Å². The van der Waals surface area contributed by atoms with E-state index in [4.69, 9.17) is 14.5 Å². The van der Waals surface area contributed by atoms with Gasteiger partial charge in [-0.05, 0) is 58.7 Å². The van der Waals surface area contributed by atoms with Gasteiger partial charge in [0, 0.05) is 33.3 Å². The Morgan fingerprint density at radius 1 is 0.627 bits per heavy atom. The van der Waals surface area contributed by atoms with Gasteiger partial charge in [0.2, 0.25) is 5.88 Å². The van der Waals surface area contributed by atoms with E-state index in [0.29, 0.717) is 23.1 Å². The summed E-state index contributed by atoms with van der Waals surface area (Å²) < 4.78 is 14.8. The molecule has 8 heteroatoms. The van der Waals surface area contributed by atoms with Crippen LogP contribution in [-0.2, 0) is 0 Å². The van der Waals surface area contributed by atoms with Crippen molar-refractivity contribution in [1.82, 2.24) is 14.5 Å². The summed E-state index contributed by atoms with van der Waals surface area (Å²) in [6.45, 7) is -0.324. The third-order valence-electron chi connectivity index (χ3n) is 10.7. The zero-order valence-electron chi connectivity index (χ0n) is 26.9. The molecule has 0 aliphatic carbocycles. The van der Waals surface area contributed by atoms with Crippen LogP contribution in [0.3, 0.4) is 0 Å². The lowest BCUT2D eigenvalue weighted by Crippen LogP contribution is -2.61. The number of amides is 1. The predicted molar refractivity (Wildman–Crippen MR) is 203 cm³/mol. The number of hydrogen-bond acceptors (Lipinski definition) is 5. The van der Waals surface area contributed by atoms with Crippen LogP contribution in [0, 0.1) is 0 Å². The molecule has 3 aromatic heterocycles. The van der Waals surface area contributed by atoms with Crippen molar-refractivity contribution in [3.8, 4) is 34.3 Å². The Labute approximate surface area is 291 Å². The van der Waals surface area contributed by atoms with E-state index >= 15 is 0 Å². The second kappa shape index (κ2) is 9.61. The molecule has 236 valence electrons. The van der Waals surface area contributed by atoms with E-state index in [1.54, 1.807) is 11.1 Å². The lowest BCUT2D eigenvalue weighted by Gasteiger charge is -2.38. The first-order valence-electron chi connectivity index (χ1n) is 17.0. The van der Waals surface area contributed by atoms with Crippen molar-refractivity contribution in [2.45, 2.75) is 0 Å². The number of carbonyl (C=O) groups excluding carboxylic acids is 1. The van der Waals surface area contributed by atoms with E-state index < -0.39 is 6.09 Å².